The van der Waals surface area contributed by atoms with Gasteiger partial charge in [0.1, 0.15) is 0 Å². The Morgan fingerprint density at radius 2 is 1.89 bits per heavy atom. The van der Waals surface area contributed by atoms with Crippen LogP contribution in [0.25, 0.3) is 0 Å². The van der Waals surface area contributed by atoms with Gasteiger partial charge in [-0.3, -0.25) is 4.90 Å². The van der Waals surface area contributed by atoms with Gasteiger partial charge in [0.2, 0.25) is 0 Å². The lowest BCUT2D eigenvalue weighted by atomic mass is 10.1. The first-order chi connectivity index (χ1) is 8.38. The van der Waals surface area contributed by atoms with Crippen molar-refractivity contribution in [3.8, 4) is 0 Å². The Balaban J connectivity index is 2.05. The number of benzene rings is 1. The molecule has 1 atom stereocenters. The molecule has 0 bridgehead atoms. The molecule has 1 fully saturated rings. The van der Waals surface area contributed by atoms with Crippen molar-refractivity contribution in [2.24, 2.45) is 0 Å². The number of hydrogen-bond acceptors (Lipinski definition) is 1. The van der Waals surface area contributed by atoms with E-state index >= 15 is 0 Å². The van der Waals surface area contributed by atoms with Gasteiger partial charge in [0.15, 0.2) is 0 Å². The standard InChI is InChI=1S/C14H16F3N/c1-10-7-8-18(11(10)2)9-12-3-5-13(6-4-12)14(15,16)17/h3-6,11H,1,7-9H2,2H3/t11-/m0/s1. The topological polar surface area (TPSA) is 3.24 Å². The van der Waals surface area contributed by atoms with E-state index in [1.54, 1.807) is 12.1 Å². The van der Waals surface area contributed by atoms with Crippen LogP contribution in [0.1, 0.15) is 24.5 Å². The van der Waals surface area contributed by atoms with Gasteiger partial charge < -0.3 is 0 Å². The summed E-state index contributed by atoms with van der Waals surface area (Å²) in [5.74, 6) is 0. The number of rotatable bonds is 2. The van der Waals surface area contributed by atoms with Crippen molar-refractivity contribution in [2.75, 3.05) is 6.54 Å². The molecule has 0 aliphatic carbocycles. The van der Waals surface area contributed by atoms with Crippen molar-refractivity contribution >= 4 is 0 Å². The molecule has 1 nitrogen and oxygen atoms in total. The molecule has 0 radical (unpaired) electrons. The Morgan fingerprint density at radius 1 is 1.28 bits per heavy atom. The SMILES string of the molecule is C=C1CCN(Cc2ccc(C(F)(F)F)cc2)[C@H]1C. The monoisotopic (exact) mass is 255 g/mol. The molecule has 0 unspecified atom stereocenters. The van der Waals surface area contributed by atoms with E-state index in [4.69, 9.17) is 0 Å². The number of halogens is 3. The second kappa shape index (κ2) is 4.76. The predicted molar refractivity (Wildman–Crippen MR) is 65.1 cm³/mol. The molecule has 0 spiro atoms. The summed E-state index contributed by atoms with van der Waals surface area (Å²) in [6.45, 7) is 7.68. The van der Waals surface area contributed by atoms with E-state index in [1.165, 1.54) is 5.57 Å². The fourth-order valence-corrected chi connectivity index (χ4v) is 2.20. The van der Waals surface area contributed by atoms with Crippen molar-refractivity contribution in [2.45, 2.75) is 32.1 Å². The quantitative estimate of drug-likeness (QED) is 0.725. The van der Waals surface area contributed by atoms with Crippen LogP contribution in [0.3, 0.4) is 0 Å². The maximum atomic E-state index is 12.4. The average Bonchev–Trinajstić information content (AvgIpc) is 2.61. The van der Waals surface area contributed by atoms with Gasteiger partial charge in [-0.2, -0.15) is 13.2 Å². The van der Waals surface area contributed by atoms with Crippen molar-refractivity contribution in [3.05, 3.63) is 47.5 Å². The molecule has 98 valence electrons. The normalized spacial score (nSPS) is 21.6. The maximum absolute atomic E-state index is 12.4. The summed E-state index contributed by atoms with van der Waals surface area (Å²) in [5.41, 5.74) is 1.51. The van der Waals surface area contributed by atoms with Gasteiger partial charge in [-0.05, 0) is 31.0 Å². The minimum absolute atomic E-state index is 0.312. The molecule has 0 N–H and O–H groups in total. The first kappa shape index (κ1) is 13.1. The van der Waals surface area contributed by atoms with E-state index in [0.717, 1.165) is 30.7 Å². The van der Waals surface area contributed by atoms with Crippen LogP contribution in [0.4, 0.5) is 13.2 Å². The zero-order valence-electron chi connectivity index (χ0n) is 10.3. The van der Waals surface area contributed by atoms with Crippen LogP contribution in [-0.2, 0) is 12.7 Å². The van der Waals surface area contributed by atoms with Crippen molar-refractivity contribution in [1.82, 2.24) is 4.90 Å². The number of nitrogens with zero attached hydrogens (tertiary/aromatic N) is 1. The fraction of sp³-hybridized carbons (Fsp3) is 0.429. The molecule has 4 heteroatoms. The third kappa shape index (κ3) is 2.75. The lowest BCUT2D eigenvalue weighted by molar-refractivity contribution is -0.137. The molecular formula is C14H16F3N. The number of hydrogen-bond donors (Lipinski definition) is 0. The summed E-state index contributed by atoms with van der Waals surface area (Å²) >= 11 is 0. The van der Waals surface area contributed by atoms with Crippen LogP contribution in [0, 0.1) is 0 Å². The van der Waals surface area contributed by atoms with Crippen molar-refractivity contribution < 1.29 is 13.2 Å². The van der Waals surface area contributed by atoms with Gasteiger partial charge in [0.25, 0.3) is 0 Å². The van der Waals surface area contributed by atoms with Gasteiger partial charge in [0.05, 0.1) is 5.56 Å². The summed E-state index contributed by atoms with van der Waals surface area (Å²) in [6, 6.07) is 5.70. The second-order valence-corrected chi connectivity index (χ2v) is 4.75. The van der Waals surface area contributed by atoms with Gasteiger partial charge in [-0.25, -0.2) is 0 Å². The minimum atomic E-state index is -4.26. The highest BCUT2D eigenvalue weighted by molar-refractivity contribution is 5.25. The maximum Gasteiger partial charge on any atom is 0.416 e. The first-order valence-electron chi connectivity index (χ1n) is 5.96. The number of alkyl halides is 3. The van der Waals surface area contributed by atoms with Crippen LogP contribution < -0.4 is 0 Å². The first-order valence-corrected chi connectivity index (χ1v) is 5.96. The van der Waals surface area contributed by atoms with Crippen LogP contribution >= 0.6 is 0 Å². The molecular weight excluding hydrogens is 239 g/mol. The summed E-state index contributed by atoms with van der Waals surface area (Å²) in [5, 5.41) is 0. The van der Waals surface area contributed by atoms with E-state index in [1.807, 2.05) is 0 Å². The Kier molecular flexibility index (Phi) is 3.48. The highest BCUT2D eigenvalue weighted by Gasteiger charge is 2.30. The zero-order valence-corrected chi connectivity index (χ0v) is 10.3. The van der Waals surface area contributed by atoms with E-state index < -0.39 is 11.7 Å². The van der Waals surface area contributed by atoms with Gasteiger partial charge in [0, 0.05) is 19.1 Å². The summed E-state index contributed by atoms with van der Waals surface area (Å²) < 4.78 is 37.2. The Hall–Kier alpha value is -1.29. The Bertz CT molecular complexity index is 433. The predicted octanol–water partition coefficient (Wildman–Crippen LogP) is 3.86. The molecule has 1 aromatic carbocycles. The Morgan fingerprint density at radius 3 is 2.33 bits per heavy atom. The van der Waals surface area contributed by atoms with E-state index in [-0.39, 0.29) is 0 Å². The smallest absolute Gasteiger partial charge is 0.292 e. The zero-order chi connectivity index (χ0) is 13.3. The van der Waals surface area contributed by atoms with Crippen LogP contribution in [0.5, 0.6) is 0 Å². The third-order valence-electron chi connectivity index (χ3n) is 3.53. The average molecular weight is 255 g/mol. The largest absolute Gasteiger partial charge is 0.416 e. The molecule has 1 aromatic rings. The molecule has 2 rings (SSSR count). The number of likely N-dealkylation sites (tertiary alicyclic amines) is 1. The van der Waals surface area contributed by atoms with E-state index in [9.17, 15) is 13.2 Å². The molecule has 18 heavy (non-hydrogen) atoms. The highest BCUT2D eigenvalue weighted by atomic mass is 19.4. The lowest BCUT2D eigenvalue weighted by Crippen LogP contribution is -2.26. The molecule has 0 amide bonds. The molecule has 1 heterocycles. The molecule has 0 aromatic heterocycles. The fourth-order valence-electron chi connectivity index (χ4n) is 2.20. The van der Waals surface area contributed by atoms with Gasteiger partial charge in [-0.1, -0.05) is 24.3 Å². The van der Waals surface area contributed by atoms with Gasteiger partial charge in [-0.15, -0.1) is 0 Å². The third-order valence-corrected chi connectivity index (χ3v) is 3.53. The van der Waals surface area contributed by atoms with Crippen LogP contribution in [0.15, 0.2) is 36.4 Å². The van der Waals surface area contributed by atoms with E-state index in [0.29, 0.717) is 12.6 Å². The summed E-state index contributed by atoms with van der Waals surface area (Å²) in [7, 11) is 0. The molecule has 1 aliphatic rings. The second-order valence-electron chi connectivity index (χ2n) is 4.75. The molecule has 1 aliphatic heterocycles. The van der Waals surface area contributed by atoms with Crippen molar-refractivity contribution in [1.29, 1.82) is 0 Å². The summed E-state index contributed by atoms with van der Waals surface area (Å²) in [6.07, 6.45) is -3.28. The minimum Gasteiger partial charge on any atom is -0.292 e. The molecule has 0 saturated carbocycles. The highest BCUT2D eigenvalue weighted by Crippen LogP contribution is 2.30. The van der Waals surface area contributed by atoms with Gasteiger partial charge >= 0.3 is 6.18 Å². The van der Waals surface area contributed by atoms with E-state index in [2.05, 4.69) is 18.4 Å². The molecule has 1 saturated heterocycles. The Labute approximate surface area is 105 Å². The lowest BCUT2D eigenvalue weighted by Gasteiger charge is -2.21. The van der Waals surface area contributed by atoms with Crippen LogP contribution in [-0.4, -0.2) is 17.5 Å². The van der Waals surface area contributed by atoms with Crippen LogP contribution in [0.2, 0.25) is 0 Å². The summed E-state index contributed by atoms with van der Waals surface area (Å²) in [4.78, 5) is 2.23. The van der Waals surface area contributed by atoms with Crippen molar-refractivity contribution in [3.63, 3.8) is 0 Å².